The highest BCUT2D eigenvalue weighted by Crippen LogP contribution is 2.36. The molecule has 36 heavy (non-hydrogen) atoms. The predicted molar refractivity (Wildman–Crippen MR) is 134 cm³/mol. The van der Waals surface area contributed by atoms with Crippen LogP contribution < -0.4 is 14.8 Å². The molecule has 1 unspecified atom stereocenters. The summed E-state index contributed by atoms with van der Waals surface area (Å²) in [6.07, 6.45) is 3.79. The second-order valence-corrected chi connectivity index (χ2v) is 10.4. The van der Waals surface area contributed by atoms with Crippen molar-refractivity contribution in [3.63, 3.8) is 0 Å². The van der Waals surface area contributed by atoms with Crippen LogP contribution in [0.25, 0.3) is 0 Å². The first kappa shape index (κ1) is 24.8. The van der Waals surface area contributed by atoms with Gasteiger partial charge in [-0.3, -0.25) is 9.59 Å². The molecule has 0 saturated heterocycles. The summed E-state index contributed by atoms with van der Waals surface area (Å²) in [5.41, 5.74) is 1.11. The number of benzene rings is 2. The van der Waals surface area contributed by atoms with Gasteiger partial charge in [0.1, 0.15) is 21.2 Å². The molecular weight excluding hydrogens is 528 g/mol. The molecule has 1 aliphatic heterocycles. The van der Waals surface area contributed by atoms with E-state index < -0.39 is 17.8 Å². The van der Waals surface area contributed by atoms with Gasteiger partial charge in [-0.15, -0.1) is 0 Å². The van der Waals surface area contributed by atoms with Crippen molar-refractivity contribution in [1.29, 1.82) is 0 Å². The van der Waals surface area contributed by atoms with Crippen LogP contribution in [0.2, 0.25) is 9.36 Å². The largest absolute Gasteiger partial charge is 0.454 e. The van der Waals surface area contributed by atoms with Crippen LogP contribution in [0.1, 0.15) is 53.3 Å². The molecule has 2 aliphatic rings. The van der Waals surface area contributed by atoms with Gasteiger partial charge in [0.2, 0.25) is 12.7 Å². The Kier molecular flexibility index (Phi) is 7.32. The minimum Gasteiger partial charge on any atom is -0.454 e. The maximum Gasteiger partial charge on any atom is 0.276 e. The third kappa shape index (κ3) is 5.14. The Morgan fingerprint density at radius 2 is 1.83 bits per heavy atom. The fourth-order valence-electron chi connectivity index (χ4n) is 4.51. The van der Waals surface area contributed by atoms with E-state index in [1.54, 1.807) is 18.2 Å². The zero-order chi connectivity index (χ0) is 25.2. The molecule has 7 nitrogen and oxygen atoms in total. The van der Waals surface area contributed by atoms with E-state index in [0.29, 0.717) is 22.6 Å². The normalized spacial score (nSPS) is 15.6. The van der Waals surface area contributed by atoms with Gasteiger partial charge in [-0.05, 0) is 59.8 Å². The summed E-state index contributed by atoms with van der Waals surface area (Å²) >= 11 is 13.3. The van der Waals surface area contributed by atoms with Gasteiger partial charge in [0, 0.05) is 12.6 Å². The van der Waals surface area contributed by atoms with E-state index in [9.17, 15) is 14.0 Å². The summed E-state index contributed by atoms with van der Waals surface area (Å²) in [5, 5.41) is 3.10. The highest BCUT2D eigenvalue weighted by atomic mass is 35.5. The van der Waals surface area contributed by atoms with E-state index >= 15 is 0 Å². The lowest BCUT2D eigenvalue weighted by molar-refractivity contribution is -0.126. The fourth-order valence-corrected chi connectivity index (χ4v) is 5.50. The average Bonchev–Trinajstić information content (AvgIpc) is 3.62. The van der Waals surface area contributed by atoms with E-state index in [-0.39, 0.29) is 40.3 Å². The van der Waals surface area contributed by atoms with E-state index in [1.165, 1.54) is 29.2 Å². The predicted octanol–water partition coefficient (Wildman–Crippen LogP) is 5.76. The van der Waals surface area contributed by atoms with E-state index in [1.807, 2.05) is 0 Å². The summed E-state index contributed by atoms with van der Waals surface area (Å²) in [5.74, 6) is -0.239. The molecule has 5 rings (SSSR count). The molecule has 1 aliphatic carbocycles. The average molecular weight is 550 g/mol. The van der Waals surface area contributed by atoms with Crippen molar-refractivity contribution in [2.75, 3.05) is 6.79 Å². The van der Waals surface area contributed by atoms with Gasteiger partial charge in [-0.1, -0.05) is 54.2 Å². The lowest BCUT2D eigenvalue weighted by Crippen LogP contribution is -2.46. The summed E-state index contributed by atoms with van der Waals surface area (Å²) in [6, 6.07) is 9.78. The Bertz CT molecular complexity index is 1280. The van der Waals surface area contributed by atoms with Crippen LogP contribution in [-0.4, -0.2) is 33.9 Å². The van der Waals surface area contributed by atoms with E-state index in [2.05, 4.69) is 9.69 Å². The van der Waals surface area contributed by atoms with Gasteiger partial charge >= 0.3 is 0 Å². The minimum absolute atomic E-state index is 0.0141. The number of aromatic nitrogens is 1. The fraction of sp³-hybridized carbons (Fsp3) is 0.320. The number of amides is 2. The number of rotatable bonds is 7. The molecule has 0 spiro atoms. The van der Waals surface area contributed by atoms with Crippen molar-refractivity contribution in [2.45, 2.75) is 44.3 Å². The first-order chi connectivity index (χ1) is 17.4. The van der Waals surface area contributed by atoms with Crippen molar-refractivity contribution >= 4 is 46.5 Å². The quantitative estimate of drug-likeness (QED) is 0.405. The number of carbonyl (C=O) groups excluding carboxylic acids is 2. The first-order valence-corrected chi connectivity index (χ1v) is 13.0. The molecule has 2 heterocycles. The second-order valence-electron chi connectivity index (χ2n) is 8.68. The van der Waals surface area contributed by atoms with Crippen molar-refractivity contribution < 1.29 is 23.5 Å². The number of hydrogen-bond acceptors (Lipinski definition) is 6. The van der Waals surface area contributed by atoms with Crippen molar-refractivity contribution in [1.82, 2.24) is 14.6 Å². The van der Waals surface area contributed by atoms with Crippen LogP contribution >= 0.6 is 34.7 Å². The lowest BCUT2D eigenvalue weighted by Gasteiger charge is -2.32. The van der Waals surface area contributed by atoms with Gasteiger partial charge in [-0.25, -0.2) is 4.39 Å². The van der Waals surface area contributed by atoms with Crippen LogP contribution in [0.5, 0.6) is 11.5 Å². The van der Waals surface area contributed by atoms with Gasteiger partial charge in [0.25, 0.3) is 5.91 Å². The molecular formula is C25H22Cl2FN3O4S. The molecule has 188 valence electrons. The van der Waals surface area contributed by atoms with Crippen LogP contribution in [0.3, 0.4) is 0 Å². The van der Waals surface area contributed by atoms with Gasteiger partial charge in [-0.2, -0.15) is 4.37 Å². The van der Waals surface area contributed by atoms with Crippen LogP contribution in [-0.2, 0) is 11.3 Å². The number of nitrogens with zero attached hydrogens (tertiary/aromatic N) is 2. The lowest BCUT2D eigenvalue weighted by atomic mass is 10.0. The zero-order valence-corrected chi connectivity index (χ0v) is 21.3. The topological polar surface area (TPSA) is 80.8 Å². The molecule has 1 saturated carbocycles. The second kappa shape index (κ2) is 10.6. The van der Waals surface area contributed by atoms with E-state index in [0.717, 1.165) is 37.2 Å². The minimum atomic E-state index is -1.07. The summed E-state index contributed by atoms with van der Waals surface area (Å²) < 4.78 is 29.0. The molecule has 1 fully saturated rings. The van der Waals surface area contributed by atoms with E-state index in [4.69, 9.17) is 32.7 Å². The zero-order valence-electron chi connectivity index (χ0n) is 19.0. The van der Waals surface area contributed by atoms with Gasteiger partial charge < -0.3 is 19.7 Å². The van der Waals surface area contributed by atoms with Gasteiger partial charge in [0.15, 0.2) is 17.2 Å². The molecule has 2 aromatic carbocycles. The first-order valence-electron chi connectivity index (χ1n) is 11.5. The summed E-state index contributed by atoms with van der Waals surface area (Å²) in [4.78, 5) is 28.9. The Hall–Kier alpha value is -2.88. The monoisotopic (exact) mass is 549 g/mol. The summed E-state index contributed by atoms with van der Waals surface area (Å²) in [6.45, 7) is 0.136. The molecule has 2 amide bonds. The third-order valence-corrected chi connectivity index (χ3v) is 7.91. The van der Waals surface area contributed by atoms with Gasteiger partial charge in [0.05, 0.1) is 0 Å². The molecule has 1 aromatic heterocycles. The van der Waals surface area contributed by atoms with Crippen molar-refractivity contribution in [3.8, 4) is 11.5 Å². The maximum atomic E-state index is 13.9. The van der Waals surface area contributed by atoms with Crippen molar-refractivity contribution in [2.24, 2.45) is 0 Å². The molecule has 1 N–H and O–H groups in total. The van der Waals surface area contributed by atoms with Crippen LogP contribution in [0.4, 0.5) is 4.39 Å². The maximum absolute atomic E-state index is 13.9. The molecule has 0 bridgehead atoms. The third-order valence-electron chi connectivity index (χ3n) is 6.30. The number of hydrogen-bond donors (Lipinski definition) is 1. The Morgan fingerprint density at radius 1 is 1.11 bits per heavy atom. The van der Waals surface area contributed by atoms with Crippen molar-refractivity contribution in [3.05, 3.63) is 74.5 Å². The standard InChI is InChI=1S/C25H22Cl2FN3O4S/c26-20-21(30-36-23(20)27)25(33)31(12-14-5-10-18-19(11-14)35-13-34-18)22(15-6-8-16(28)9-7-15)24(32)29-17-3-1-2-4-17/h5-11,17,22H,1-4,12-13H2,(H,29,32). The Labute approximate surface area is 221 Å². The molecule has 3 aromatic rings. The Balaban J connectivity index is 1.56. The smallest absolute Gasteiger partial charge is 0.276 e. The molecule has 1 atom stereocenters. The molecule has 11 heteroatoms. The number of fused-ring (bicyclic) bond motifs is 1. The Morgan fingerprint density at radius 3 is 2.53 bits per heavy atom. The highest BCUT2D eigenvalue weighted by molar-refractivity contribution is 7.11. The highest BCUT2D eigenvalue weighted by Gasteiger charge is 2.36. The molecule has 0 radical (unpaired) electrons. The number of ether oxygens (including phenoxy) is 2. The SMILES string of the molecule is O=C(NC1CCCC1)C(c1ccc(F)cc1)N(Cc1ccc2c(c1)OCO2)C(=O)c1nsc(Cl)c1Cl. The van der Waals surface area contributed by atoms with Crippen LogP contribution in [0.15, 0.2) is 42.5 Å². The number of halogens is 3. The number of carbonyl (C=O) groups is 2. The summed E-state index contributed by atoms with van der Waals surface area (Å²) in [7, 11) is 0. The van der Waals surface area contributed by atoms with Crippen LogP contribution in [0, 0.1) is 5.82 Å². The number of nitrogens with one attached hydrogen (secondary N) is 1.